The highest BCUT2D eigenvalue weighted by Crippen LogP contribution is 2.22. The van der Waals surface area contributed by atoms with Gasteiger partial charge in [-0.15, -0.1) is 5.10 Å². The van der Waals surface area contributed by atoms with Gasteiger partial charge in [-0.25, -0.2) is 13.4 Å². The van der Waals surface area contributed by atoms with Crippen molar-refractivity contribution in [2.24, 2.45) is 0 Å². The van der Waals surface area contributed by atoms with Crippen molar-refractivity contribution in [1.82, 2.24) is 14.6 Å². The Morgan fingerprint density at radius 2 is 1.95 bits per heavy atom. The Balaban J connectivity index is 2.03. The summed E-state index contributed by atoms with van der Waals surface area (Å²) in [5.41, 5.74) is 0.724. The van der Waals surface area contributed by atoms with Gasteiger partial charge in [0.2, 0.25) is 19.1 Å². The normalized spacial score (nSPS) is 11.9. The lowest BCUT2D eigenvalue weighted by Gasteiger charge is -2.00. The SMILES string of the molecule is Cc1cc(=O)n2nc(S(=O)(=O)Cc3ccc(Cl)cc3)sc2n1. The van der Waals surface area contributed by atoms with Gasteiger partial charge < -0.3 is 0 Å². The van der Waals surface area contributed by atoms with E-state index in [2.05, 4.69) is 10.1 Å². The van der Waals surface area contributed by atoms with Crippen molar-refractivity contribution in [3.63, 3.8) is 0 Å². The van der Waals surface area contributed by atoms with E-state index in [1.165, 1.54) is 6.07 Å². The van der Waals surface area contributed by atoms with E-state index in [1.54, 1.807) is 31.2 Å². The van der Waals surface area contributed by atoms with Crippen LogP contribution < -0.4 is 5.56 Å². The molecule has 0 spiro atoms. The van der Waals surface area contributed by atoms with E-state index in [9.17, 15) is 13.2 Å². The van der Waals surface area contributed by atoms with Crippen LogP contribution in [0.1, 0.15) is 11.3 Å². The second-order valence-electron chi connectivity index (χ2n) is 4.68. The molecule has 6 nitrogen and oxygen atoms in total. The van der Waals surface area contributed by atoms with E-state index in [-0.39, 0.29) is 15.1 Å². The molecule has 0 radical (unpaired) electrons. The molecule has 0 atom stereocenters. The van der Waals surface area contributed by atoms with E-state index < -0.39 is 15.4 Å². The fraction of sp³-hybridized carbons (Fsp3) is 0.154. The molecule has 3 aromatic rings. The third-order valence-electron chi connectivity index (χ3n) is 2.89. The van der Waals surface area contributed by atoms with E-state index in [0.29, 0.717) is 16.3 Å². The zero-order valence-corrected chi connectivity index (χ0v) is 13.7. The molecule has 0 saturated carbocycles. The number of nitrogens with zero attached hydrogens (tertiary/aromatic N) is 3. The number of hydrogen-bond donors (Lipinski definition) is 0. The fourth-order valence-corrected chi connectivity index (χ4v) is 4.57. The van der Waals surface area contributed by atoms with Crippen LogP contribution in [0.2, 0.25) is 5.02 Å². The molecule has 0 bridgehead atoms. The van der Waals surface area contributed by atoms with Gasteiger partial charge in [-0.1, -0.05) is 35.1 Å². The Hall–Kier alpha value is -1.77. The van der Waals surface area contributed by atoms with Crippen LogP contribution in [0, 0.1) is 6.92 Å². The molecule has 22 heavy (non-hydrogen) atoms. The van der Waals surface area contributed by atoms with Crippen LogP contribution >= 0.6 is 22.9 Å². The number of halogens is 1. The van der Waals surface area contributed by atoms with Crippen LogP contribution in [0.25, 0.3) is 4.96 Å². The number of hydrogen-bond acceptors (Lipinski definition) is 6. The van der Waals surface area contributed by atoms with Crippen molar-refractivity contribution >= 4 is 37.7 Å². The second kappa shape index (κ2) is 5.45. The van der Waals surface area contributed by atoms with Crippen LogP contribution in [0.5, 0.6) is 0 Å². The van der Waals surface area contributed by atoms with Gasteiger partial charge >= 0.3 is 0 Å². The van der Waals surface area contributed by atoms with Crippen molar-refractivity contribution < 1.29 is 8.42 Å². The van der Waals surface area contributed by atoms with Crippen LogP contribution in [-0.4, -0.2) is 23.0 Å². The Morgan fingerprint density at radius 1 is 1.27 bits per heavy atom. The van der Waals surface area contributed by atoms with Crippen molar-refractivity contribution in [1.29, 1.82) is 0 Å². The number of rotatable bonds is 3. The summed E-state index contributed by atoms with van der Waals surface area (Å²) in [6.07, 6.45) is 0. The first kappa shape index (κ1) is 15.1. The first-order valence-corrected chi connectivity index (χ1v) is 9.04. The highest BCUT2D eigenvalue weighted by Gasteiger charge is 2.22. The maximum Gasteiger partial charge on any atom is 0.275 e. The number of fused-ring (bicyclic) bond motifs is 1. The first-order chi connectivity index (χ1) is 10.3. The summed E-state index contributed by atoms with van der Waals surface area (Å²) in [6, 6.07) is 7.84. The Labute approximate surface area is 134 Å². The third-order valence-corrected chi connectivity index (χ3v) is 6.18. The number of sulfone groups is 1. The van der Waals surface area contributed by atoms with Crippen LogP contribution in [0.15, 0.2) is 39.5 Å². The van der Waals surface area contributed by atoms with E-state index in [4.69, 9.17) is 11.6 Å². The van der Waals surface area contributed by atoms with E-state index in [0.717, 1.165) is 15.9 Å². The summed E-state index contributed by atoms with van der Waals surface area (Å²) in [7, 11) is -3.65. The van der Waals surface area contributed by atoms with Gasteiger partial charge in [-0.05, 0) is 24.6 Å². The molecule has 3 rings (SSSR count). The van der Waals surface area contributed by atoms with Crippen molar-refractivity contribution in [2.75, 3.05) is 0 Å². The molecular formula is C13H10ClN3O3S2. The monoisotopic (exact) mass is 355 g/mol. The fourth-order valence-electron chi connectivity index (χ4n) is 1.89. The molecule has 0 N–H and O–H groups in total. The molecule has 0 fully saturated rings. The van der Waals surface area contributed by atoms with Crippen LogP contribution in [0.4, 0.5) is 0 Å². The van der Waals surface area contributed by atoms with Crippen molar-refractivity contribution in [2.45, 2.75) is 17.0 Å². The summed E-state index contributed by atoms with van der Waals surface area (Å²) in [6.45, 7) is 1.67. The second-order valence-corrected chi connectivity index (χ2v) is 8.24. The van der Waals surface area contributed by atoms with Crippen LogP contribution in [0.3, 0.4) is 0 Å². The molecule has 0 aliphatic rings. The maximum absolute atomic E-state index is 12.4. The number of aromatic nitrogens is 3. The van der Waals surface area contributed by atoms with E-state index in [1.807, 2.05) is 0 Å². The predicted octanol–water partition coefficient (Wildman–Crippen LogP) is 2.09. The van der Waals surface area contributed by atoms with Gasteiger partial charge in [0.1, 0.15) is 0 Å². The highest BCUT2D eigenvalue weighted by molar-refractivity contribution is 7.92. The molecule has 0 unspecified atom stereocenters. The average molecular weight is 356 g/mol. The van der Waals surface area contributed by atoms with Crippen molar-refractivity contribution in [3.05, 3.63) is 57.0 Å². The van der Waals surface area contributed by atoms with Gasteiger partial charge in [0, 0.05) is 16.8 Å². The summed E-state index contributed by atoms with van der Waals surface area (Å²) in [5, 5.41) is 4.42. The lowest BCUT2D eigenvalue weighted by atomic mass is 10.2. The zero-order valence-electron chi connectivity index (χ0n) is 11.4. The summed E-state index contributed by atoms with van der Waals surface area (Å²) >= 11 is 6.66. The Morgan fingerprint density at radius 3 is 2.64 bits per heavy atom. The molecule has 114 valence electrons. The minimum Gasteiger partial charge on any atom is -0.267 e. The molecule has 2 heterocycles. The molecule has 0 aliphatic heterocycles. The van der Waals surface area contributed by atoms with Gasteiger partial charge in [0.15, 0.2) is 0 Å². The predicted molar refractivity (Wildman–Crippen MR) is 84.2 cm³/mol. The maximum atomic E-state index is 12.4. The molecule has 0 amide bonds. The zero-order chi connectivity index (χ0) is 15.9. The van der Waals surface area contributed by atoms with Gasteiger partial charge in [0.25, 0.3) is 5.56 Å². The van der Waals surface area contributed by atoms with E-state index >= 15 is 0 Å². The van der Waals surface area contributed by atoms with Crippen molar-refractivity contribution in [3.8, 4) is 0 Å². The largest absolute Gasteiger partial charge is 0.275 e. The number of aryl methyl sites for hydroxylation is 1. The Bertz CT molecular complexity index is 1010. The first-order valence-electron chi connectivity index (χ1n) is 6.20. The standard InChI is InChI=1S/C13H10ClN3O3S2/c1-8-6-11(18)17-12(15-8)21-13(16-17)22(19,20)7-9-2-4-10(14)5-3-9/h2-6H,7H2,1H3. The molecule has 0 saturated heterocycles. The molecule has 0 aliphatic carbocycles. The summed E-state index contributed by atoms with van der Waals surface area (Å²) in [5.74, 6) is -0.211. The van der Waals surface area contributed by atoms with Crippen LogP contribution in [-0.2, 0) is 15.6 Å². The highest BCUT2D eigenvalue weighted by atomic mass is 35.5. The molecule has 1 aromatic carbocycles. The molecule has 2 aromatic heterocycles. The third kappa shape index (κ3) is 2.90. The summed E-state index contributed by atoms with van der Waals surface area (Å²) < 4.78 is 25.7. The van der Waals surface area contributed by atoms with Gasteiger partial charge in [-0.3, -0.25) is 4.79 Å². The van der Waals surface area contributed by atoms with Gasteiger partial charge in [-0.2, -0.15) is 4.52 Å². The topological polar surface area (TPSA) is 81.4 Å². The number of benzene rings is 1. The summed E-state index contributed by atoms with van der Waals surface area (Å²) in [4.78, 5) is 16.2. The Kier molecular flexibility index (Phi) is 3.75. The molecule has 9 heteroatoms. The average Bonchev–Trinajstić information content (AvgIpc) is 2.86. The molecular weight excluding hydrogens is 346 g/mol. The lowest BCUT2D eigenvalue weighted by molar-refractivity contribution is 0.592. The lowest BCUT2D eigenvalue weighted by Crippen LogP contribution is -2.15. The van der Waals surface area contributed by atoms with Gasteiger partial charge in [0.05, 0.1) is 5.75 Å². The minimum absolute atomic E-state index is 0.127. The smallest absolute Gasteiger partial charge is 0.267 e. The minimum atomic E-state index is -3.65. The quantitative estimate of drug-likeness (QED) is 0.718.